The van der Waals surface area contributed by atoms with Gasteiger partial charge >= 0.3 is 0 Å². The Labute approximate surface area is 154 Å². The fraction of sp³-hybridized carbons (Fsp3) is 0.333. The van der Waals surface area contributed by atoms with E-state index >= 15 is 0 Å². The third-order valence-corrected chi connectivity index (χ3v) is 3.96. The van der Waals surface area contributed by atoms with Gasteiger partial charge in [-0.2, -0.15) is 0 Å². The van der Waals surface area contributed by atoms with E-state index in [-0.39, 0.29) is 19.0 Å². The number of aromatic nitrogens is 1. The van der Waals surface area contributed by atoms with Gasteiger partial charge < -0.3 is 14.4 Å². The van der Waals surface area contributed by atoms with Crippen LogP contribution in [0.4, 0.5) is 4.39 Å². The molecule has 1 heterocycles. The van der Waals surface area contributed by atoms with Crippen LogP contribution in [0.3, 0.4) is 0 Å². The van der Waals surface area contributed by atoms with Gasteiger partial charge in [-0.05, 0) is 18.2 Å². The zero-order chi connectivity index (χ0) is 18.8. The van der Waals surface area contributed by atoms with Crippen LogP contribution in [0.5, 0.6) is 0 Å². The van der Waals surface area contributed by atoms with Crippen molar-refractivity contribution in [2.45, 2.75) is 19.2 Å². The lowest BCUT2D eigenvalue weighted by atomic mass is 10.2. The third kappa shape index (κ3) is 6.16. The van der Waals surface area contributed by atoms with Crippen LogP contribution in [-0.4, -0.2) is 47.0 Å². The highest BCUT2D eigenvalue weighted by atomic mass is 19.1. The van der Waals surface area contributed by atoms with Crippen molar-refractivity contribution >= 4 is 0 Å². The van der Waals surface area contributed by atoms with Gasteiger partial charge in [-0.15, -0.1) is 13.0 Å². The van der Waals surface area contributed by atoms with Crippen LogP contribution in [0.25, 0.3) is 0 Å². The minimum absolute atomic E-state index is 0.185. The molecular weight excluding hydrogens is 331 g/mol. The number of halogens is 1. The Hall–Kier alpha value is -2.39. The van der Waals surface area contributed by atoms with E-state index in [1.54, 1.807) is 18.2 Å². The highest BCUT2D eigenvalue weighted by Gasteiger charge is 2.14. The Kier molecular flexibility index (Phi) is 8.10. The van der Waals surface area contributed by atoms with E-state index in [9.17, 15) is 9.50 Å². The summed E-state index contributed by atoms with van der Waals surface area (Å²) in [4.78, 5) is 2.06. The van der Waals surface area contributed by atoms with E-state index in [4.69, 9.17) is 11.2 Å². The average molecular weight is 356 g/mol. The second kappa shape index (κ2) is 10.6. The molecule has 0 bridgehead atoms. The number of terminal acetylenes is 1. The first-order valence-corrected chi connectivity index (χ1v) is 8.54. The molecule has 0 fully saturated rings. The predicted octanol–water partition coefficient (Wildman–Crippen LogP) is 2.67. The van der Waals surface area contributed by atoms with Crippen LogP contribution in [0, 0.1) is 18.2 Å². The second-order valence-electron chi connectivity index (χ2n) is 6.07. The molecule has 1 atom stereocenters. The Morgan fingerprint density at radius 3 is 2.88 bits per heavy atom. The van der Waals surface area contributed by atoms with Gasteiger partial charge in [0, 0.05) is 37.1 Å². The number of rotatable bonds is 11. The van der Waals surface area contributed by atoms with Gasteiger partial charge in [-0.25, -0.2) is 4.39 Å². The van der Waals surface area contributed by atoms with Crippen molar-refractivity contribution < 1.29 is 14.2 Å². The maximum absolute atomic E-state index is 13.9. The van der Waals surface area contributed by atoms with Gasteiger partial charge in [0.1, 0.15) is 12.4 Å². The maximum atomic E-state index is 13.9. The van der Waals surface area contributed by atoms with Crippen LogP contribution < -0.4 is 0 Å². The quantitative estimate of drug-likeness (QED) is 0.382. The standard InChI is InChI=1S/C21H25FN2O2/c1-3-11-23(16-20(25)17-26-13-4-2)15-19-9-7-12-24(19)14-18-8-5-6-10-21(18)22/h2-3,5-10,12,20,25H,1,11,13-17H2/t20-/m0/s1. The normalized spacial score (nSPS) is 12.1. The molecule has 2 aromatic rings. The van der Waals surface area contributed by atoms with E-state index in [0.29, 0.717) is 31.7 Å². The number of nitrogens with zero attached hydrogens (tertiary/aromatic N) is 2. The molecule has 0 saturated heterocycles. The highest BCUT2D eigenvalue weighted by molar-refractivity contribution is 5.19. The lowest BCUT2D eigenvalue weighted by molar-refractivity contribution is 0.0281. The third-order valence-electron chi connectivity index (χ3n) is 3.96. The molecule has 0 aliphatic carbocycles. The summed E-state index contributed by atoms with van der Waals surface area (Å²) in [5, 5.41) is 10.1. The Balaban J connectivity index is 2.01. The maximum Gasteiger partial charge on any atom is 0.128 e. The Bertz CT molecular complexity index is 736. The van der Waals surface area contributed by atoms with Gasteiger partial charge in [0.05, 0.1) is 19.3 Å². The second-order valence-corrected chi connectivity index (χ2v) is 6.07. The Morgan fingerprint density at radius 1 is 1.35 bits per heavy atom. The summed E-state index contributed by atoms with van der Waals surface area (Å²) in [6, 6.07) is 10.7. The monoisotopic (exact) mass is 356 g/mol. The summed E-state index contributed by atoms with van der Waals surface area (Å²) in [6.07, 6.45) is 8.22. The molecular formula is C21H25FN2O2. The molecule has 2 rings (SSSR count). The number of hydrogen-bond donors (Lipinski definition) is 1. The topological polar surface area (TPSA) is 37.6 Å². The van der Waals surface area contributed by atoms with E-state index in [1.807, 2.05) is 29.0 Å². The van der Waals surface area contributed by atoms with Crippen molar-refractivity contribution in [3.05, 3.63) is 72.3 Å². The van der Waals surface area contributed by atoms with Crippen molar-refractivity contribution in [1.29, 1.82) is 0 Å². The number of aliphatic hydroxyl groups is 1. The summed E-state index contributed by atoms with van der Waals surface area (Å²) in [5.74, 6) is 2.16. The largest absolute Gasteiger partial charge is 0.389 e. The molecule has 1 aromatic heterocycles. The zero-order valence-electron chi connectivity index (χ0n) is 14.9. The number of ether oxygens (including phenoxy) is 1. The van der Waals surface area contributed by atoms with Crippen LogP contribution >= 0.6 is 0 Å². The Morgan fingerprint density at radius 2 is 2.15 bits per heavy atom. The van der Waals surface area contributed by atoms with Crippen LogP contribution in [0.2, 0.25) is 0 Å². The minimum atomic E-state index is -0.640. The van der Waals surface area contributed by atoms with Gasteiger partial charge in [0.25, 0.3) is 0 Å². The first kappa shape index (κ1) is 19.9. The van der Waals surface area contributed by atoms with Crippen molar-refractivity contribution in [3.8, 4) is 12.3 Å². The number of aliphatic hydroxyl groups excluding tert-OH is 1. The first-order valence-electron chi connectivity index (χ1n) is 8.54. The highest BCUT2D eigenvalue weighted by Crippen LogP contribution is 2.13. The molecule has 0 amide bonds. The predicted molar refractivity (Wildman–Crippen MR) is 101 cm³/mol. The minimum Gasteiger partial charge on any atom is -0.389 e. The molecule has 0 unspecified atom stereocenters. The van der Waals surface area contributed by atoms with Crippen LogP contribution in [0.1, 0.15) is 11.3 Å². The van der Waals surface area contributed by atoms with Crippen LogP contribution in [0.15, 0.2) is 55.3 Å². The fourth-order valence-electron chi connectivity index (χ4n) is 2.78. The number of hydrogen-bond acceptors (Lipinski definition) is 3. The van der Waals surface area contributed by atoms with Gasteiger partial charge in [-0.3, -0.25) is 4.90 Å². The van der Waals surface area contributed by atoms with Crippen molar-refractivity contribution in [3.63, 3.8) is 0 Å². The zero-order valence-corrected chi connectivity index (χ0v) is 14.9. The first-order chi connectivity index (χ1) is 12.6. The average Bonchev–Trinajstić information content (AvgIpc) is 3.04. The van der Waals surface area contributed by atoms with E-state index in [1.165, 1.54) is 6.07 Å². The molecule has 1 N–H and O–H groups in total. The summed E-state index contributed by atoms with van der Waals surface area (Å²) in [5.41, 5.74) is 1.68. The molecule has 0 radical (unpaired) electrons. The molecule has 0 spiro atoms. The van der Waals surface area contributed by atoms with Crippen LogP contribution in [-0.2, 0) is 17.8 Å². The summed E-state index contributed by atoms with van der Waals surface area (Å²) in [6.45, 7) is 6.28. The molecule has 5 heteroatoms. The lowest BCUT2D eigenvalue weighted by Crippen LogP contribution is -2.35. The molecule has 4 nitrogen and oxygen atoms in total. The van der Waals surface area contributed by atoms with Gasteiger partial charge in [0.2, 0.25) is 0 Å². The summed E-state index contributed by atoms with van der Waals surface area (Å²) < 4.78 is 21.1. The fourth-order valence-corrected chi connectivity index (χ4v) is 2.78. The van der Waals surface area contributed by atoms with Crippen molar-refractivity contribution in [1.82, 2.24) is 9.47 Å². The molecule has 0 saturated carbocycles. The smallest absolute Gasteiger partial charge is 0.128 e. The molecule has 138 valence electrons. The van der Waals surface area contributed by atoms with E-state index in [0.717, 1.165) is 5.69 Å². The summed E-state index contributed by atoms with van der Waals surface area (Å²) >= 11 is 0. The molecule has 0 aliphatic rings. The van der Waals surface area contributed by atoms with E-state index < -0.39 is 6.10 Å². The van der Waals surface area contributed by atoms with Crippen molar-refractivity contribution in [2.24, 2.45) is 0 Å². The molecule has 0 aliphatic heterocycles. The molecule has 26 heavy (non-hydrogen) atoms. The molecule has 1 aromatic carbocycles. The summed E-state index contributed by atoms with van der Waals surface area (Å²) in [7, 11) is 0. The van der Waals surface area contributed by atoms with Gasteiger partial charge in [0.15, 0.2) is 0 Å². The lowest BCUT2D eigenvalue weighted by Gasteiger charge is -2.24. The number of benzene rings is 1. The van der Waals surface area contributed by atoms with Gasteiger partial charge in [-0.1, -0.05) is 30.2 Å². The van der Waals surface area contributed by atoms with E-state index in [2.05, 4.69) is 17.4 Å². The van der Waals surface area contributed by atoms with Crippen molar-refractivity contribution in [2.75, 3.05) is 26.3 Å². The SMILES string of the molecule is C#CCOC[C@@H](O)CN(CC=C)Cc1cccn1Cc1ccccc1F.